The largest absolute Gasteiger partial charge is 1.00 e. The van der Waals surface area contributed by atoms with Crippen molar-refractivity contribution in [2.75, 3.05) is 32.8 Å². The quantitative estimate of drug-likeness (QED) is 0.0171. The number of benzene rings is 6. The van der Waals surface area contributed by atoms with Gasteiger partial charge in [0.15, 0.2) is 0 Å². The van der Waals surface area contributed by atoms with Gasteiger partial charge >= 0.3 is 12.8 Å². The Morgan fingerprint density at radius 3 is 1.29 bits per heavy atom. The summed E-state index contributed by atoms with van der Waals surface area (Å²) in [6.07, 6.45) is 13.5. The average Bonchev–Trinajstić information content (AvgIpc) is 3.31. The van der Waals surface area contributed by atoms with Crippen LogP contribution in [0.5, 0.6) is 23.0 Å². The molecule has 0 amide bonds. The summed E-state index contributed by atoms with van der Waals surface area (Å²) in [7, 11) is 0. The Balaban J connectivity index is 0.000000354. The van der Waals surface area contributed by atoms with Crippen LogP contribution in [0, 0.1) is 34.1 Å². The SMILES string of the molecule is CCCCCCCCCCCCN(CCO)CCO.Cc1cc(N=Nc2c(O)ccc3ccccc23)c(O)c([N+](=O)[O-])c1.Cc1cc(N=Nc2c(O)ccc3ccccc23)c(O)c([N+](=O)[O-])c1.[Cr].[H+]. The van der Waals surface area contributed by atoms with E-state index >= 15 is 0 Å². The standard InChI is InChI=1S/2C17H13N3O4.C16H35NO2.Cr/c2*1-10-8-13(17(22)14(9-10)20(23)24)18-19-16-12-5-3-2-4-11(12)6-7-15(16)21;1-2-3-4-5-6-7-8-9-10-11-12-17(13-15-18)14-16-19;/h2*2-9,21-22H,1H3;18-19H,2-16H2,1H3;/p+1. The molecule has 0 bridgehead atoms. The Morgan fingerprint density at radius 2 is 0.912 bits per heavy atom. The molecule has 0 radical (unpaired) electrons. The summed E-state index contributed by atoms with van der Waals surface area (Å²) in [5.74, 6) is -1.26. The normalized spacial score (nSPS) is 11.1. The number of aliphatic hydroxyl groups is 2. The number of phenols is 4. The zero-order chi connectivity index (χ0) is 48.7. The maximum atomic E-state index is 11.0. The topological polar surface area (TPSA) is 260 Å². The van der Waals surface area contributed by atoms with Crippen molar-refractivity contribution in [3.8, 4) is 23.0 Å². The predicted octanol–water partition coefficient (Wildman–Crippen LogP) is 13.1. The molecule has 0 saturated carbocycles. The van der Waals surface area contributed by atoms with Crippen molar-refractivity contribution in [2.24, 2.45) is 20.5 Å². The minimum absolute atomic E-state index is 0. The van der Waals surface area contributed by atoms with Gasteiger partial charge in [0.2, 0.25) is 11.5 Å². The first-order valence-electron chi connectivity index (χ1n) is 22.4. The molecular formula is C50H62CrN7O10+. The average molecular weight is 973 g/mol. The van der Waals surface area contributed by atoms with Crippen LogP contribution in [0.4, 0.5) is 34.1 Å². The maximum absolute atomic E-state index is 11.0. The number of rotatable bonds is 21. The van der Waals surface area contributed by atoms with Gasteiger partial charge in [-0.25, -0.2) is 0 Å². The third-order valence-corrected chi connectivity index (χ3v) is 10.8. The molecule has 0 heterocycles. The molecule has 0 aliphatic carbocycles. The third kappa shape index (κ3) is 17.0. The first kappa shape index (κ1) is 55.8. The number of phenolic OH excluding ortho intramolecular Hbond substituents is 4. The first-order chi connectivity index (χ1) is 32.3. The fraction of sp³-hybridized carbons (Fsp3) is 0.360. The molecular weight excluding hydrogens is 911 g/mol. The van der Waals surface area contributed by atoms with Gasteiger partial charge in [0.05, 0.1) is 23.1 Å². The van der Waals surface area contributed by atoms with Gasteiger partial charge in [-0.15, -0.1) is 20.5 Å². The number of nitrogens with zero attached hydrogens (tertiary/aromatic N) is 7. The summed E-state index contributed by atoms with van der Waals surface area (Å²) in [6, 6.07) is 26.6. The molecule has 6 N–H and O–H groups in total. The van der Waals surface area contributed by atoms with Crippen LogP contribution in [-0.4, -0.2) is 78.2 Å². The monoisotopic (exact) mass is 972 g/mol. The van der Waals surface area contributed by atoms with Gasteiger partial charge in [0.25, 0.3) is 0 Å². The summed E-state index contributed by atoms with van der Waals surface area (Å²) in [5.41, 5.74) is 0.653. The fourth-order valence-electron chi connectivity index (χ4n) is 7.26. The summed E-state index contributed by atoms with van der Waals surface area (Å²) in [5, 5.41) is 98.7. The van der Waals surface area contributed by atoms with Crippen molar-refractivity contribution in [3.63, 3.8) is 0 Å². The molecule has 68 heavy (non-hydrogen) atoms. The van der Waals surface area contributed by atoms with E-state index in [1.165, 1.54) is 101 Å². The molecule has 18 heteroatoms. The second kappa shape index (κ2) is 29.3. The van der Waals surface area contributed by atoms with E-state index in [1.807, 2.05) is 24.3 Å². The van der Waals surface area contributed by atoms with E-state index in [0.717, 1.165) is 17.3 Å². The number of nitro benzene ring substituents is 2. The van der Waals surface area contributed by atoms with Crippen LogP contribution in [0.2, 0.25) is 0 Å². The van der Waals surface area contributed by atoms with Crippen LogP contribution in [0.1, 0.15) is 83.7 Å². The summed E-state index contributed by atoms with van der Waals surface area (Å²) < 4.78 is 0. The predicted molar refractivity (Wildman–Crippen MR) is 262 cm³/mol. The first-order valence-corrected chi connectivity index (χ1v) is 22.4. The summed E-state index contributed by atoms with van der Waals surface area (Å²) in [4.78, 5) is 22.7. The second-order valence-corrected chi connectivity index (χ2v) is 16.0. The van der Waals surface area contributed by atoms with Gasteiger partial charge < -0.3 is 30.6 Å². The van der Waals surface area contributed by atoms with Crippen LogP contribution in [0.3, 0.4) is 0 Å². The summed E-state index contributed by atoms with van der Waals surface area (Å²) >= 11 is 0. The number of aliphatic hydroxyl groups excluding tert-OH is 2. The molecule has 0 unspecified atom stereocenters. The van der Waals surface area contributed by atoms with Gasteiger partial charge in [0.1, 0.15) is 34.2 Å². The third-order valence-electron chi connectivity index (χ3n) is 10.8. The van der Waals surface area contributed by atoms with E-state index in [2.05, 4.69) is 32.3 Å². The minimum atomic E-state index is -0.684. The number of aryl methyl sites for hydroxylation is 2. The van der Waals surface area contributed by atoms with Crippen molar-refractivity contribution >= 4 is 55.7 Å². The smallest absolute Gasteiger partial charge is 0.506 e. The number of azo groups is 2. The minimum Gasteiger partial charge on any atom is -0.506 e. The number of nitro groups is 2. The number of hydrogen-bond acceptors (Lipinski definition) is 15. The fourth-order valence-corrected chi connectivity index (χ4v) is 7.26. The molecule has 362 valence electrons. The number of fused-ring (bicyclic) bond motifs is 2. The number of unbranched alkanes of at least 4 members (excludes halogenated alkanes) is 9. The zero-order valence-electron chi connectivity index (χ0n) is 39.7. The van der Waals surface area contributed by atoms with Crippen LogP contribution < -0.4 is 0 Å². The van der Waals surface area contributed by atoms with Gasteiger partial charge in [0, 0.05) is 53.4 Å². The van der Waals surface area contributed by atoms with Crippen LogP contribution in [0.25, 0.3) is 21.5 Å². The molecule has 0 spiro atoms. The molecule has 17 nitrogen and oxygen atoms in total. The Hall–Kier alpha value is -6.55. The molecule has 0 saturated heterocycles. The van der Waals surface area contributed by atoms with Crippen molar-refractivity contribution in [3.05, 3.63) is 128 Å². The Labute approximate surface area is 408 Å². The van der Waals surface area contributed by atoms with Crippen LogP contribution >= 0.6 is 0 Å². The Morgan fingerprint density at radius 1 is 0.529 bits per heavy atom. The van der Waals surface area contributed by atoms with E-state index in [-0.39, 0.29) is 66.3 Å². The van der Waals surface area contributed by atoms with Crippen molar-refractivity contribution in [1.82, 2.24) is 4.90 Å². The maximum Gasteiger partial charge on any atom is 1.00 e. The molecule has 6 rings (SSSR count). The molecule has 6 aromatic rings. The van der Waals surface area contributed by atoms with Crippen LogP contribution in [0.15, 0.2) is 118 Å². The number of hydrogen-bond donors (Lipinski definition) is 6. The molecule has 0 aromatic heterocycles. The van der Waals surface area contributed by atoms with Gasteiger partial charge in [-0.3, -0.25) is 25.1 Å². The summed E-state index contributed by atoms with van der Waals surface area (Å²) in [6.45, 7) is 8.35. The number of aromatic hydroxyl groups is 4. The molecule has 0 atom stereocenters. The van der Waals surface area contributed by atoms with E-state index in [4.69, 9.17) is 10.2 Å². The molecule has 0 fully saturated rings. The van der Waals surface area contributed by atoms with Crippen molar-refractivity contribution in [1.29, 1.82) is 0 Å². The van der Waals surface area contributed by atoms with Crippen molar-refractivity contribution in [2.45, 2.75) is 85.0 Å². The second-order valence-electron chi connectivity index (χ2n) is 16.0. The van der Waals surface area contributed by atoms with Gasteiger partial charge in [-0.2, -0.15) is 0 Å². The molecule has 0 aliphatic heterocycles. The van der Waals surface area contributed by atoms with Crippen LogP contribution in [-0.2, 0) is 17.4 Å². The molecule has 6 aromatic carbocycles. The Bertz CT molecular complexity index is 2470. The van der Waals surface area contributed by atoms with E-state index in [0.29, 0.717) is 35.0 Å². The van der Waals surface area contributed by atoms with E-state index in [9.17, 15) is 40.7 Å². The Kier molecular flexibility index (Phi) is 24.0. The van der Waals surface area contributed by atoms with Gasteiger partial charge in [-0.1, -0.05) is 125 Å². The van der Waals surface area contributed by atoms with E-state index < -0.39 is 32.7 Å². The van der Waals surface area contributed by atoms with Crippen molar-refractivity contribution < 1.29 is 59.3 Å². The van der Waals surface area contributed by atoms with Gasteiger partial charge in [-0.05, 0) is 73.0 Å². The van der Waals surface area contributed by atoms with E-state index in [1.54, 1.807) is 50.2 Å². The zero-order valence-corrected chi connectivity index (χ0v) is 40.0. The molecule has 0 aliphatic rings.